The minimum absolute atomic E-state index is 0.549. The van der Waals surface area contributed by atoms with Gasteiger partial charge in [-0.1, -0.05) is 61.9 Å². The van der Waals surface area contributed by atoms with Crippen molar-refractivity contribution in [1.29, 1.82) is 0 Å². The minimum atomic E-state index is -0.572. The monoisotopic (exact) mass is 296 g/mol. The van der Waals surface area contributed by atoms with Gasteiger partial charge in [-0.3, -0.25) is 0 Å². The lowest BCUT2D eigenvalue weighted by Crippen LogP contribution is -2.13. The molecule has 0 heterocycles. The first-order chi connectivity index (χ1) is 10.8. The van der Waals surface area contributed by atoms with Crippen molar-refractivity contribution in [3.8, 4) is 11.1 Å². The molecule has 1 heteroatoms. The zero-order valence-corrected chi connectivity index (χ0v) is 13.4. The quantitative estimate of drug-likeness (QED) is 0.621. The average Bonchev–Trinajstić information content (AvgIpc) is 2.57. The number of rotatable bonds is 4. The molecule has 1 aliphatic rings. The maximum absolute atomic E-state index is 13.2. The SMILES string of the molecule is CCCc1ccc(-c2ccc(C3CCC(F)CC3)cc2)cc1. The van der Waals surface area contributed by atoms with E-state index in [9.17, 15) is 4.39 Å². The highest BCUT2D eigenvalue weighted by atomic mass is 19.1. The third kappa shape index (κ3) is 3.58. The largest absolute Gasteiger partial charge is 0.247 e. The fourth-order valence-electron chi connectivity index (χ4n) is 3.49. The van der Waals surface area contributed by atoms with Crippen molar-refractivity contribution in [3.63, 3.8) is 0 Å². The Bertz CT molecular complexity index is 574. The molecule has 0 spiro atoms. The summed E-state index contributed by atoms with van der Waals surface area (Å²) < 4.78 is 13.2. The summed E-state index contributed by atoms with van der Waals surface area (Å²) in [5.74, 6) is 0.549. The number of alkyl halides is 1. The molecule has 0 aliphatic heterocycles. The van der Waals surface area contributed by atoms with Gasteiger partial charge < -0.3 is 0 Å². The van der Waals surface area contributed by atoms with Crippen LogP contribution in [-0.2, 0) is 6.42 Å². The summed E-state index contributed by atoms with van der Waals surface area (Å²) in [5, 5.41) is 0. The second-order valence-corrected chi connectivity index (χ2v) is 6.52. The number of hydrogen-bond donors (Lipinski definition) is 0. The summed E-state index contributed by atoms with van der Waals surface area (Å²) in [5.41, 5.74) is 5.33. The Morgan fingerprint density at radius 3 is 1.91 bits per heavy atom. The van der Waals surface area contributed by atoms with E-state index in [4.69, 9.17) is 0 Å². The Morgan fingerprint density at radius 1 is 0.818 bits per heavy atom. The van der Waals surface area contributed by atoms with Crippen LogP contribution in [-0.4, -0.2) is 6.17 Å². The maximum Gasteiger partial charge on any atom is 0.100 e. The van der Waals surface area contributed by atoms with Crippen LogP contribution < -0.4 is 0 Å². The van der Waals surface area contributed by atoms with Crippen molar-refractivity contribution in [3.05, 3.63) is 59.7 Å². The molecule has 0 unspecified atom stereocenters. The first kappa shape index (κ1) is 15.3. The highest BCUT2D eigenvalue weighted by molar-refractivity contribution is 5.64. The van der Waals surface area contributed by atoms with Crippen LogP contribution in [0.2, 0.25) is 0 Å². The molecule has 0 radical (unpaired) electrons. The summed E-state index contributed by atoms with van der Waals surface area (Å²) in [6.07, 6.45) is 5.21. The summed E-state index contributed by atoms with van der Waals surface area (Å²) in [4.78, 5) is 0. The molecular formula is C21H25F. The zero-order chi connectivity index (χ0) is 15.4. The molecule has 1 saturated carbocycles. The van der Waals surface area contributed by atoms with Crippen molar-refractivity contribution >= 4 is 0 Å². The van der Waals surface area contributed by atoms with Crippen molar-refractivity contribution in [1.82, 2.24) is 0 Å². The summed E-state index contributed by atoms with van der Waals surface area (Å²) in [7, 11) is 0. The van der Waals surface area contributed by atoms with Gasteiger partial charge in [0.05, 0.1) is 0 Å². The predicted octanol–water partition coefficient (Wildman–Crippen LogP) is 6.30. The van der Waals surface area contributed by atoms with E-state index >= 15 is 0 Å². The van der Waals surface area contributed by atoms with E-state index < -0.39 is 6.17 Å². The highest BCUT2D eigenvalue weighted by Crippen LogP contribution is 2.34. The molecule has 116 valence electrons. The number of hydrogen-bond acceptors (Lipinski definition) is 0. The fourth-order valence-corrected chi connectivity index (χ4v) is 3.49. The van der Waals surface area contributed by atoms with E-state index in [0.717, 1.165) is 32.1 Å². The van der Waals surface area contributed by atoms with Gasteiger partial charge in [-0.15, -0.1) is 0 Å². The van der Waals surface area contributed by atoms with Crippen molar-refractivity contribution in [2.45, 2.75) is 57.5 Å². The molecule has 0 bridgehead atoms. The molecule has 0 atom stereocenters. The molecule has 0 aromatic heterocycles. The van der Waals surface area contributed by atoms with Crippen LogP contribution in [0.5, 0.6) is 0 Å². The molecule has 0 N–H and O–H groups in total. The van der Waals surface area contributed by atoms with Crippen LogP contribution in [0, 0.1) is 0 Å². The van der Waals surface area contributed by atoms with Crippen LogP contribution in [0.15, 0.2) is 48.5 Å². The molecule has 0 saturated heterocycles. The molecule has 1 aliphatic carbocycles. The molecule has 0 nitrogen and oxygen atoms in total. The van der Waals surface area contributed by atoms with Gasteiger partial charge in [0, 0.05) is 0 Å². The molecule has 3 rings (SSSR count). The van der Waals surface area contributed by atoms with Crippen LogP contribution in [0.1, 0.15) is 56.1 Å². The Balaban J connectivity index is 1.70. The third-order valence-electron chi connectivity index (χ3n) is 4.86. The first-order valence-electron chi connectivity index (χ1n) is 8.59. The van der Waals surface area contributed by atoms with Gasteiger partial charge in [-0.25, -0.2) is 4.39 Å². The van der Waals surface area contributed by atoms with Crippen LogP contribution in [0.4, 0.5) is 4.39 Å². The number of halogens is 1. The minimum Gasteiger partial charge on any atom is -0.247 e. The van der Waals surface area contributed by atoms with Gasteiger partial charge in [0.15, 0.2) is 0 Å². The Kier molecular flexibility index (Phi) is 4.92. The van der Waals surface area contributed by atoms with Gasteiger partial charge >= 0.3 is 0 Å². The lowest BCUT2D eigenvalue weighted by Gasteiger charge is -2.24. The van der Waals surface area contributed by atoms with Gasteiger partial charge in [-0.2, -0.15) is 0 Å². The normalized spacial score (nSPS) is 21.7. The zero-order valence-electron chi connectivity index (χ0n) is 13.4. The van der Waals surface area contributed by atoms with E-state index in [1.165, 1.54) is 28.7 Å². The topological polar surface area (TPSA) is 0 Å². The average molecular weight is 296 g/mol. The molecule has 0 amide bonds. The van der Waals surface area contributed by atoms with Crippen LogP contribution >= 0.6 is 0 Å². The van der Waals surface area contributed by atoms with Crippen LogP contribution in [0.25, 0.3) is 11.1 Å². The highest BCUT2D eigenvalue weighted by Gasteiger charge is 2.21. The summed E-state index contributed by atoms with van der Waals surface area (Å²) in [6.45, 7) is 2.21. The lowest BCUT2D eigenvalue weighted by molar-refractivity contribution is 0.235. The van der Waals surface area contributed by atoms with Gasteiger partial charge in [0.1, 0.15) is 6.17 Å². The number of benzene rings is 2. The van der Waals surface area contributed by atoms with E-state index in [-0.39, 0.29) is 0 Å². The van der Waals surface area contributed by atoms with Gasteiger partial charge in [-0.05, 0) is 60.3 Å². The maximum atomic E-state index is 13.2. The van der Waals surface area contributed by atoms with Crippen molar-refractivity contribution < 1.29 is 4.39 Å². The third-order valence-corrected chi connectivity index (χ3v) is 4.86. The van der Waals surface area contributed by atoms with Crippen molar-refractivity contribution in [2.75, 3.05) is 0 Å². The second kappa shape index (κ2) is 7.09. The van der Waals surface area contributed by atoms with Crippen LogP contribution in [0.3, 0.4) is 0 Å². The van der Waals surface area contributed by atoms with Gasteiger partial charge in [0.25, 0.3) is 0 Å². The first-order valence-corrected chi connectivity index (χ1v) is 8.59. The fraction of sp³-hybridized carbons (Fsp3) is 0.429. The molecule has 22 heavy (non-hydrogen) atoms. The van der Waals surface area contributed by atoms with E-state index in [1.54, 1.807) is 0 Å². The lowest BCUT2D eigenvalue weighted by atomic mass is 9.83. The summed E-state index contributed by atoms with van der Waals surface area (Å²) >= 11 is 0. The van der Waals surface area contributed by atoms with Gasteiger partial charge in [0.2, 0.25) is 0 Å². The Morgan fingerprint density at radius 2 is 1.36 bits per heavy atom. The van der Waals surface area contributed by atoms with E-state index in [0.29, 0.717) is 5.92 Å². The van der Waals surface area contributed by atoms with Crippen molar-refractivity contribution in [2.24, 2.45) is 0 Å². The predicted molar refractivity (Wildman–Crippen MR) is 92.0 cm³/mol. The van der Waals surface area contributed by atoms with E-state index in [1.807, 2.05) is 0 Å². The molecule has 1 fully saturated rings. The smallest absolute Gasteiger partial charge is 0.100 e. The standard InChI is InChI=1S/C21H25F/c1-2-3-16-4-6-17(7-5-16)18-8-10-19(11-9-18)20-12-14-21(22)15-13-20/h4-11,20-21H,2-3,12-15H2,1H3. The Hall–Kier alpha value is -1.63. The molecule has 2 aromatic carbocycles. The second-order valence-electron chi connectivity index (χ2n) is 6.52. The number of aryl methyl sites for hydroxylation is 1. The van der Waals surface area contributed by atoms with E-state index in [2.05, 4.69) is 55.5 Å². The molecule has 2 aromatic rings. The summed E-state index contributed by atoms with van der Waals surface area (Å²) in [6, 6.07) is 17.8. The Labute approximate surface area is 133 Å². The molecular weight excluding hydrogens is 271 g/mol.